The van der Waals surface area contributed by atoms with Crippen LogP contribution < -0.4 is 10.1 Å². The summed E-state index contributed by atoms with van der Waals surface area (Å²) in [4.78, 5) is 0. The zero-order valence-electron chi connectivity index (χ0n) is 12.6. The topological polar surface area (TPSA) is 34.4 Å². The lowest BCUT2D eigenvalue weighted by Gasteiger charge is -2.21. The Balaban J connectivity index is 1.76. The minimum absolute atomic E-state index is 0.322. The van der Waals surface area contributed by atoms with E-state index in [9.17, 15) is 0 Å². The molecule has 0 radical (unpaired) electrons. The summed E-state index contributed by atoms with van der Waals surface area (Å²) < 4.78 is 11.3. The summed E-state index contributed by atoms with van der Waals surface area (Å²) in [6.45, 7) is 4.03. The van der Waals surface area contributed by atoms with Crippen molar-refractivity contribution >= 4 is 0 Å². The second kappa shape index (κ2) is 6.81. The van der Waals surface area contributed by atoms with Gasteiger partial charge in [0.25, 0.3) is 0 Å². The molecule has 0 aliphatic carbocycles. The predicted octanol–water partition coefficient (Wildman–Crippen LogP) is 3.89. The highest BCUT2D eigenvalue weighted by molar-refractivity contribution is 5.45. The maximum Gasteiger partial charge on any atom is 0.127 e. The van der Waals surface area contributed by atoms with Gasteiger partial charge in [-0.15, -0.1) is 0 Å². The van der Waals surface area contributed by atoms with Crippen molar-refractivity contribution in [2.75, 3.05) is 13.2 Å². The molecule has 0 amide bonds. The number of hydrogen-bond donors (Lipinski definition) is 1. The molecule has 112 valence electrons. The molecule has 0 bridgehead atoms. The molecule has 1 aromatic carbocycles. The number of benzene rings is 1. The molecule has 21 heavy (non-hydrogen) atoms. The maximum atomic E-state index is 5.86. The quantitative estimate of drug-likeness (QED) is 0.838. The lowest BCUT2D eigenvalue weighted by atomic mass is 9.97. The van der Waals surface area contributed by atoms with Crippen molar-refractivity contribution in [3.8, 4) is 5.75 Å². The van der Waals surface area contributed by atoms with E-state index in [4.69, 9.17) is 9.15 Å². The van der Waals surface area contributed by atoms with Crippen LogP contribution in [-0.2, 0) is 12.8 Å². The van der Waals surface area contributed by atoms with Crippen LogP contribution in [0, 0.1) is 0 Å². The molecular formula is C18H23NO2. The molecule has 1 aliphatic rings. The fourth-order valence-electron chi connectivity index (χ4n) is 2.94. The number of nitrogens with one attached hydrogen (secondary N) is 1. The Hall–Kier alpha value is -1.74. The van der Waals surface area contributed by atoms with Crippen LogP contribution in [0.1, 0.15) is 42.7 Å². The van der Waals surface area contributed by atoms with Gasteiger partial charge in [-0.1, -0.05) is 25.1 Å². The van der Waals surface area contributed by atoms with Crippen molar-refractivity contribution in [1.29, 1.82) is 0 Å². The van der Waals surface area contributed by atoms with E-state index >= 15 is 0 Å². The van der Waals surface area contributed by atoms with Crippen molar-refractivity contribution in [1.82, 2.24) is 5.32 Å². The number of hydrogen-bond acceptors (Lipinski definition) is 3. The highest BCUT2D eigenvalue weighted by Crippen LogP contribution is 2.35. The fourth-order valence-corrected chi connectivity index (χ4v) is 2.94. The molecule has 1 atom stereocenters. The van der Waals surface area contributed by atoms with Crippen molar-refractivity contribution in [3.05, 3.63) is 53.5 Å². The fraction of sp³-hybridized carbons (Fsp3) is 0.444. The number of para-hydroxylation sites is 1. The molecule has 0 saturated carbocycles. The van der Waals surface area contributed by atoms with E-state index in [2.05, 4.69) is 30.4 Å². The molecule has 3 nitrogen and oxygen atoms in total. The first-order chi connectivity index (χ1) is 10.4. The lowest BCUT2D eigenvalue weighted by molar-refractivity contribution is 0.345. The summed E-state index contributed by atoms with van der Waals surface area (Å²) in [5, 5.41) is 3.66. The van der Waals surface area contributed by atoms with Gasteiger partial charge < -0.3 is 14.5 Å². The number of furan rings is 1. The van der Waals surface area contributed by atoms with Gasteiger partial charge in [0.1, 0.15) is 11.5 Å². The average molecular weight is 285 g/mol. The SMILES string of the molecule is CCCNC(CCc1ccco1)c1cccc2c1OCC2. The molecule has 1 unspecified atom stereocenters. The zero-order chi connectivity index (χ0) is 14.5. The minimum Gasteiger partial charge on any atom is -0.493 e. The van der Waals surface area contributed by atoms with Crippen LogP contribution in [0.3, 0.4) is 0 Å². The second-order valence-electron chi connectivity index (χ2n) is 5.56. The number of rotatable bonds is 7. The Morgan fingerprint density at radius 1 is 1.24 bits per heavy atom. The molecule has 1 aliphatic heterocycles. The van der Waals surface area contributed by atoms with E-state index in [1.807, 2.05) is 12.1 Å². The van der Waals surface area contributed by atoms with Gasteiger partial charge in [-0.2, -0.15) is 0 Å². The number of aryl methyl sites for hydroxylation is 1. The summed E-state index contributed by atoms with van der Waals surface area (Å²) in [5.74, 6) is 2.15. The number of ether oxygens (including phenoxy) is 1. The van der Waals surface area contributed by atoms with Gasteiger partial charge in [-0.05, 0) is 37.1 Å². The third-order valence-corrected chi connectivity index (χ3v) is 4.02. The van der Waals surface area contributed by atoms with Crippen LogP contribution in [-0.4, -0.2) is 13.2 Å². The Morgan fingerprint density at radius 3 is 3.00 bits per heavy atom. The van der Waals surface area contributed by atoms with Crippen molar-refractivity contribution in [2.24, 2.45) is 0 Å². The average Bonchev–Trinajstić information content (AvgIpc) is 3.18. The zero-order valence-corrected chi connectivity index (χ0v) is 12.6. The van der Waals surface area contributed by atoms with Crippen molar-refractivity contribution < 1.29 is 9.15 Å². The standard InChI is InChI=1S/C18H23NO2/c1-2-11-19-17(9-8-15-6-4-12-20-15)16-7-3-5-14-10-13-21-18(14)16/h3-7,12,17,19H,2,8-11,13H2,1H3. The third-order valence-electron chi connectivity index (χ3n) is 4.02. The van der Waals surface area contributed by atoms with Crippen molar-refractivity contribution in [3.63, 3.8) is 0 Å². The van der Waals surface area contributed by atoms with E-state index in [1.165, 1.54) is 11.1 Å². The van der Waals surface area contributed by atoms with E-state index in [1.54, 1.807) is 6.26 Å². The molecular weight excluding hydrogens is 262 g/mol. The van der Waals surface area contributed by atoms with Crippen LogP contribution in [0.5, 0.6) is 5.75 Å². The second-order valence-corrected chi connectivity index (χ2v) is 5.56. The molecule has 0 saturated heterocycles. The van der Waals surface area contributed by atoms with E-state index < -0.39 is 0 Å². The van der Waals surface area contributed by atoms with Crippen LogP contribution in [0.4, 0.5) is 0 Å². The smallest absolute Gasteiger partial charge is 0.127 e. The normalized spacial score (nSPS) is 14.7. The van der Waals surface area contributed by atoms with E-state index in [0.29, 0.717) is 6.04 Å². The van der Waals surface area contributed by atoms with E-state index in [-0.39, 0.29) is 0 Å². The molecule has 2 aromatic rings. The van der Waals surface area contributed by atoms with Crippen LogP contribution in [0.2, 0.25) is 0 Å². The van der Waals surface area contributed by atoms with Gasteiger partial charge in [0.15, 0.2) is 0 Å². The summed E-state index contributed by atoms with van der Waals surface area (Å²) in [5.41, 5.74) is 2.64. The third kappa shape index (κ3) is 3.30. The summed E-state index contributed by atoms with van der Waals surface area (Å²) in [6, 6.07) is 10.8. The monoisotopic (exact) mass is 285 g/mol. The Bertz CT molecular complexity index is 563. The predicted molar refractivity (Wildman–Crippen MR) is 83.7 cm³/mol. The molecule has 0 spiro atoms. The van der Waals surface area contributed by atoms with Gasteiger partial charge in [0, 0.05) is 24.4 Å². The highest BCUT2D eigenvalue weighted by atomic mass is 16.5. The lowest BCUT2D eigenvalue weighted by Crippen LogP contribution is -2.23. The molecule has 3 heteroatoms. The van der Waals surface area contributed by atoms with Gasteiger partial charge in [-0.25, -0.2) is 0 Å². The highest BCUT2D eigenvalue weighted by Gasteiger charge is 2.21. The van der Waals surface area contributed by atoms with Gasteiger partial charge in [0.2, 0.25) is 0 Å². The molecule has 0 fully saturated rings. The summed E-state index contributed by atoms with van der Waals surface area (Å²) in [6.07, 6.45) is 5.87. The van der Waals surface area contributed by atoms with E-state index in [0.717, 1.165) is 50.3 Å². The Morgan fingerprint density at radius 2 is 2.19 bits per heavy atom. The molecule has 3 rings (SSSR count). The van der Waals surface area contributed by atoms with Crippen LogP contribution >= 0.6 is 0 Å². The summed E-state index contributed by atoms with van der Waals surface area (Å²) >= 11 is 0. The first kappa shape index (κ1) is 14.2. The summed E-state index contributed by atoms with van der Waals surface area (Å²) in [7, 11) is 0. The van der Waals surface area contributed by atoms with Crippen LogP contribution in [0.25, 0.3) is 0 Å². The maximum absolute atomic E-state index is 5.86. The largest absolute Gasteiger partial charge is 0.493 e. The molecule has 1 aromatic heterocycles. The van der Waals surface area contributed by atoms with Gasteiger partial charge in [0.05, 0.1) is 12.9 Å². The molecule has 2 heterocycles. The number of fused-ring (bicyclic) bond motifs is 1. The Labute approximate surface area is 126 Å². The molecule has 1 N–H and O–H groups in total. The van der Waals surface area contributed by atoms with Gasteiger partial charge >= 0.3 is 0 Å². The van der Waals surface area contributed by atoms with Gasteiger partial charge in [-0.3, -0.25) is 0 Å². The first-order valence-corrected chi connectivity index (χ1v) is 7.89. The van der Waals surface area contributed by atoms with Crippen LogP contribution in [0.15, 0.2) is 41.0 Å². The first-order valence-electron chi connectivity index (χ1n) is 7.89. The minimum atomic E-state index is 0.322. The van der Waals surface area contributed by atoms with Crippen molar-refractivity contribution in [2.45, 2.75) is 38.6 Å². The Kier molecular flexibility index (Phi) is 4.61.